The van der Waals surface area contributed by atoms with Crippen molar-refractivity contribution in [3.05, 3.63) is 81.7 Å². The zero-order chi connectivity index (χ0) is 22.1. The van der Waals surface area contributed by atoms with Gasteiger partial charge in [0.2, 0.25) is 0 Å². The van der Waals surface area contributed by atoms with E-state index in [4.69, 9.17) is 9.47 Å². The van der Waals surface area contributed by atoms with Gasteiger partial charge in [-0.1, -0.05) is 24.3 Å². The molecule has 0 amide bonds. The third kappa shape index (κ3) is 3.75. The smallest absolute Gasteiger partial charge is 0.163 e. The maximum atomic E-state index is 13.6. The number of ketones is 1. The van der Waals surface area contributed by atoms with Gasteiger partial charge >= 0.3 is 0 Å². The summed E-state index contributed by atoms with van der Waals surface area (Å²) in [5.41, 5.74) is 4.93. The average Bonchev–Trinajstić information content (AvgIpc) is 3.28. The number of allylic oxidation sites excluding steroid dienone is 1. The fraction of sp³-hybridized carbons (Fsp3) is 0.269. The molecule has 3 aromatic rings. The predicted octanol–water partition coefficient (Wildman–Crippen LogP) is 6.13. The maximum absolute atomic E-state index is 13.6. The lowest BCUT2D eigenvalue weighted by Gasteiger charge is -2.29. The SMILES string of the molecule is CCOc1ccc(C2CC(=O)C3=C(C2)Nc2ccccc2NC3c2cccs2)cc1OC. The lowest BCUT2D eigenvalue weighted by Crippen LogP contribution is -2.26. The molecular formula is C26H26N2O3S. The Morgan fingerprint density at radius 3 is 2.62 bits per heavy atom. The molecule has 0 fully saturated rings. The molecule has 2 N–H and O–H groups in total. The molecule has 5 rings (SSSR count). The van der Waals surface area contributed by atoms with Gasteiger partial charge in [0, 0.05) is 22.6 Å². The number of ether oxygens (including phenoxy) is 2. The van der Waals surface area contributed by atoms with Crippen LogP contribution in [0.15, 0.2) is 71.2 Å². The first-order valence-corrected chi connectivity index (χ1v) is 11.8. The van der Waals surface area contributed by atoms with E-state index in [-0.39, 0.29) is 17.7 Å². The first kappa shape index (κ1) is 20.6. The zero-order valence-corrected chi connectivity index (χ0v) is 19.0. The summed E-state index contributed by atoms with van der Waals surface area (Å²) in [4.78, 5) is 14.7. The minimum Gasteiger partial charge on any atom is -0.493 e. The van der Waals surface area contributed by atoms with Gasteiger partial charge in [-0.3, -0.25) is 4.79 Å². The van der Waals surface area contributed by atoms with Gasteiger partial charge in [0.15, 0.2) is 17.3 Å². The molecule has 0 saturated carbocycles. The van der Waals surface area contributed by atoms with Crippen molar-refractivity contribution in [1.82, 2.24) is 0 Å². The number of carbonyl (C=O) groups is 1. The molecule has 2 atom stereocenters. The molecule has 2 heterocycles. The predicted molar refractivity (Wildman–Crippen MR) is 129 cm³/mol. The molecule has 1 aromatic heterocycles. The Kier molecular flexibility index (Phi) is 5.62. The van der Waals surface area contributed by atoms with E-state index in [1.54, 1.807) is 18.4 Å². The van der Waals surface area contributed by atoms with Crippen molar-refractivity contribution in [2.45, 2.75) is 31.7 Å². The third-order valence-electron chi connectivity index (χ3n) is 6.10. The number of Topliss-reactive ketones (excluding diaryl/α,β-unsaturated/α-hetero) is 1. The van der Waals surface area contributed by atoms with E-state index >= 15 is 0 Å². The second kappa shape index (κ2) is 8.71. The number of thiophene rings is 1. The summed E-state index contributed by atoms with van der Waals surface area (Å²) in [7, 11) is 1.65. The van der Waals surface area contributed by atoms with Crippen LogP contribution in [0.4, 0.5) is 11.4 Å². The summed E-state index contributed by atoms with van der Waals surface area (Å²) in [5, 5.41) is 9.27. The van der Waals surface area contributed by atoms with Gasteiger partial charge in [0.05, 0.1) is 31.1 Å². The highest BCUT2D eigenvalue weighted by molar-refractivity contribution is 7.10. The van der Waals surface area contributed by atoms with Crippen molar-refractivity contribution in [2.75, 3.05) is 24.4 Å². The molecule has 32 heavy (non-hydrogen) atoms. The van der Waals surface area contributed by atoms with Gasteiger partial charge in [-0.05, 0) is 60.5 Å². The highest BCUT2D eigenvalue weighted by Crippen LogP contribution is 2.45. The number of fused-ring (bicyclic) bond motifs is 1. The van der Waals surface area contributed by atoms with Crippen LogP contribution in [-0.2, 0) is 4.79 Å². The topological polar surface area (TPSA) is 59.6 Å². The monoisotopic (exact) mass is 446 g/mol. The number of anilines is 2. The quantitative estimate of drug-likeness (QED) is 0.493. The van der Waals surface area contributed by atoms with Gasteiger partial charge in [-0.15, -0.1) is 11.3 Å². The highest BCUT2D eigenvalue weighted by Gasteiger charge is 2.36. The summed E-state index contributed by atoms with van der Waals surface area (Å²) in [6.45, 7) is 2.53. The summed E-state index contributed by atoms with van der Waals surface area (Å²) in [6, 6.07) is 18.1. The normalized spacial score (nSPS) is 19.9. The Hall–Kier alpha value is -3.25. The molecule has 0 saturated heterocycles. The molecule has 2 aromatic carbocycles. The first-order valence-electron chi connectivity index (χ1n) is 10.9. The van der Waals surface area contributed by atoms with E-state index in [0.717, 1.165) is 45.3 Å². The number of benzene rings is 2. The minimum absolute atomic E-state index is 0.0765. The van der Waals surface area contributed by atoms with E-state index in [1.807, 2.05) is 37.3 Å². The number of carbonyl (C=O) groups excluding carboxylic acids is 1. The second-order valence-corrected chi connectivity index (χ2v) is 9.01. The summed E-state index contributed by atoms with van der Waals surface area (Å²) in [6.07, 6.45) is 1.23. The number of hydrogen-bond acceptors (Lipinski definition) is 6. The number of methoxy groups -OCH3 is 1. The summed E-state index contributed by atoms with van der Waals surface area (Å²) in [5.74, 6) is 1.68. The molecule has 5 nitrogen and oxygen atoms in total. The van der Waals surface area contributed by atoms with E-state index in [2.05, 4.69) is 40.3 Å². The van der Waals surface area contributed by atoms with Gasteiger partial charge in [0.1, 0.15) is 0 Å². The summed E-state index contributed by atoms with van der Waals surface area (Å²) < 4.78 is 11.2. The Morgan fingerprint density at radius 1 is 1.03 bits per heavy atom. The Bertz CT molecular complexity index is 1170. The molecule has 164 valence electrons. The molecule has 6 heteroatoms. The third-order valence-corrected chi connectivity index (χ3v) is 7.03. The van der Waals surface area contributed by atoms with Crippen LogP contribution in [0.5, 0.6) is 11.5 Å². The van der Waals surface area contributed by atoms with Gasteiger partial charge < -0.3 is 20.1 Å². The van der Waals surface area contributed by atoms with Gasteiger partial charge in [0.25, 0.3) is 0 Å². The number of nitrogens with one attached hydrogen (secondary N) is 2. The van der Waals surface area contributed by atoms with Crippen LogP contribution in [-0.4, -0.2) is 19.5 Å². The fourth-order valence-corrected chi connectivity index (χ4v) is 5.39. The minimum atomic E-state index is -0.149. The molecular weight excluding hydrogens is 420 g/mol. The highest BCUT2D eigenvalue weighted by atomic mass is 32.1. The van der Waals surface area contributed by atoms with Crippen LogP contribution in [0.1, 0.15) is 42.2 Å². The number of para-hydroxylation sites is 2. The van der Waals surface area contributed by atoms with Crippen LogP contribution in [0.25, 0.3) is 0 Å². The van der Waals surface area contributed by atoms with Gasteiger partial charge in [-0.2, -0.15) is 0 Å². The number of rotatable bonds is 5. The molecule has 1 aliphatic heterocycles. The lowest BCUT2D eigenvalue weighted by atomic mass is 9.79. The standard InChI is InChI=1S/C26H26N2O3S/c1-3-31-22-11-10-16(15-23(22)30-2)17-13-20-25(21(29)14-17)26(24-9-6-12-32-24)28-19-8-5-4-7-18(19)27-20/h4-12,15,17,26-28H,3,13-14H2,1-2H3. The van der Waals surface area contributed by atoms with Crippen molar-refractivity contribution in [1.29, 1.82) is 0 Å². The molecule has 0 bridgehead atoms. The Balaban J connectivity index is 1.54. The van der Waals surface area contributed by atoms with Crippen molar-refractivity contribution < 1.29 is 14.3 Å². The maximum Gasteiger partial charge on any atom is 0.163 e. The van der Waals surface area contributed by atoms with Crippen molar-refractivity contribution in [3.63, 3.8) is 0 Å². The van der Waals surface area contributed by atoms with E-state index in [1.165, 1.54) is 0 Å². The van der Waals surface area contributed by atoms with Crippen LogP contribution < -0.4 is 20.1 Å². The molecule has 2 unspecified atom stereocenters. The Morgan fingerprint density at radius 2 is 1.88 bits per heavy atom. The zero-order valence-electron chi connectivity index (χ0n) is 18.2. The van der Waals surface area contributed by atoms with Gasteiger partial charge in [-0.25, -0.2) is 0 Å². The van der Waals surface area contributed by atoms with E-state index in [9.17, 15) is 4.79 Å². The largest absolute Gasteiger partial charge is 0.493 e. The molecule has 1 aliphatic carbocycles. The van der Waals surface area contributed by atoms with E-state index < -0.39 is 0 Å². The first-order chi connectivity index (χ1) is 15.7. The lowest BCUT2D eigenvalue weighted by molar-refractivity contribution is -0.116. The molecule has 2 aliphatic rings. The molecule has 0 spiro atoms. The Labute approximate surface area is 192 Å². The number of hydrogen-bond donors (Lipinski definition) is 2. The van der Waals surface area contributed by atoms with Crippen LogP contribution in [0, 0.1) is 0 Å². The van der Waals surface area contributed by atoms with Crippen molar-refractivity contribution >= 4 is 28.5 Å². The van der Waals surface area contributed by atoms with E-state index in [0.29, 0.717) is 18.8 Å². The van der Waals surface area contributed by atoms with Crippen LogP contribution >= 0.6 is 11.3 Å². The fourth-order valence-electron chi connectivity index (χ4n) is 4.61. The average molecular weight is 447 g/mol. The summed E-state index contributed by atoms with van der Waals surface area (Å²) >= 11 is 1.67. The van der Waals surface area contributed by atoms with Crippen LogP contribution in [0.3, 0.4) is 0 Å². The second-order valence-electron chi connectivity index (χ2n) is 8.03. The molecule has 0 radical (unpaired) electrons. The van der Waals surface area contributed by atoms with Crippen LogP contribution in [0.2, 0.25) is 0 Å². The van der Waals surface area contributed by atoms with Crippen molar-refractivity contribution in [3.8, 4) is 11.5 Å². The van der Waals surface area contributed by atoms with Crippen molar-refractivity contribution in [2.24, 2.45) is 0 Å².